The SMILES string of the molecule is CC(C)NC(=O)c1ccc(NC2CCSCC2)cc1. The van der Waals surface area contributed by atoms with Crippen LogP contribution in [0.4, 0.5) is 5.69 Å². The molecule has 0 aromatic heterocycles. The van der Waals surface area contributed by atoms with Gasteiger partial charge in [0.2, 0.25) is 0 Å². The minimum absolute atomic E-state index is 0.00406. The highest BCUT2D eigenvalue weighted by atomic mass is 32.2. The Hall–Kier alpha value is -1.16. The second-order valence-electron chi connectivity index (χ2n) is 5.24. The van der Waals surface area contributed by atoms with Gasteiger partial charge < -0.3 is 10.6 Å². The van der Waals surface area contributed by atoms with Gasteiger partial charge in [0.15, 0.2) is 0 Å². The first-order valence-electron chi connectivity index (χ1n) is 6.90. The second-order valence-corrected chi connectivity index (χ2v) is 6.46. The number of rotatable bonds is 4. The molecule has 1 heterocycles. The standard InChI is InChI=1S/C15H22N2OS/c1-11(2)16-15(18)12-3-5-13(6-4-12)17-14-7-9-19-10-8-14/h3-6,11,14,17H,7-10H2,1-2H3,(H,16,18). The zero-order valence-electron chi connectivity index (χ0n) is 11.6. The maximum absolute atomic E-state index is 11.8. The second kappa shape index (κ2) is 6.85. The first kappa shape index (κ1) is 14.3. The summed E-state index contributed by atoms with van der Waals surface area (Å²) in [6.45, 7) is 3.93. The minimum atomic E-state index is -0.00406. The summed E-state index contributed by atoms with van der Waals surface area (Å²) >= 11 is 2.03. The van der Waals surface area contributed by atoms with Crippen molar-refractivity contribution in [1.82, 2.24) is 5.32 Å². The van der Waals surface area contributed by atoms with Crippen molar-refractivity contribution in [3.8, 4) is 0 Å². The normalized spacial score (nSPS) is 16.4. The van der Waals surface area contributed by atoms with E-state index in [0.717, 1.165) is 11.3 Å². The Kier molecular flexibility index (Phi) is 5.14. The molecule has 1 fully saturated rings. The molecular formula is C15H22N2OS. The van der Waals surface area contributed by atoms with Crippen LogP contribution in [0.5, 0.6) is 0 Å². The highest BCUT2D eigenvalue weighted by molar-refractivity contribution is 7.99. The molecule has 4 heteroatoms. The van der Waals surface area contributed by atoms with E-state index in [0.29, 0.717) is 6.04 Å². The Labute approximate surface area is 119 Å². The molecule has 1 aliphatic heterocycles. The van der Waals surface area contributed by atoms with Crippen LogP contribution < -0.4 is 10.6 Å². The van der Waals surface area contributed by atoms with Gasteiger partial charge in [-0.15, -0.1) is 0 Å². The van der Waals surface area contributed by atoms with Crippen LogP contribution in [0.3, 0.4) is 0 Å². The van der Waals surface area contributed by atoms with Gasteiger partial charge in [-0.3, -0.25) is 4.79 Å². The van der Waals surface area contributed by atoms with E-state index in [1.165, 1.54) is 24.3 Å². The van der Waals surface area contributed by atoms with Gasteiger partial charge in [-0.1, -0.05) is 0 Å². The van der Waals surface area contributed by atoms with Gasteiger partial charge in [0.05, 0.1) is 0 Å². The molecule has 1 aromatic carbocycles. The number of benzene rings is 1. The third-order valence-corrected chi connectivity index (χ3v) is 4.21. The first-order valence-corrected chi connectivity index (χ1v) is 8.06. The molecule has 2 rings (SSSR count). The molecule has 0 spiro atoms. The van der Waals surface area contributed by atoms with Gasteiger partial charge in [0.1, 0.15) is 0 Å². The summed E-state index contributed by atoms with van der Waals surface area (Å²) in [5.74, 6) is 2.48. The van der Waals surface area contributed by atoms with Crippen molar-refractivity contribution >= 4 is 23.4 Å². The number of amides is 1. The summed E-state index contributed by atoms with van der Waals surface area (Å²) in [6, 6.07) is 8.52. The van der Waals surface area contributed by atoms with Crippen molar-refractivity contribution in [2.45, 2.75) is 38.8 Å². The minimum Gasteiger partial charge on any atom is -0.382 e. The van der Waals surface area contributed by atoms with Gasteiger partial charge in [0, 0.05) is 23.3 Å². The maximum Gasteiger partial charge on any atom is 0.251 e. The molecule has 104 valence electrons. The molecule has 0 unspecified atom stereocenters. The van der Waals surface area contributed by atoms with Crippen LogP contribution >= 0.6 is 11.8 Å². The van der Waals surface area contributed by atoms with Crippen molar-refractivity contribution in [1.29, 1.82) is 0 Å². The lowest BCUT2D eigenvalue weighted by Gasteiger charge is -2.23. The predicted octanol–water partition coefficient (Wildman–Crippen LogP) is 3.13. The monoisotopic (exact) mass is 278 g/mol. The van der Waals surface area contributed by atoms with E-state index in [1.54, 1.807) is 0 Å². The molecule has 1 aliphatic rings. The molecule has 0 radical (unpaired) electrons. The smallest absolute Gasteiger partial charge is 0.251 e. The first-order chi connectivity index (χ1) is 9.15. The number of nitrogens with one attached hydrogen (secondary N) is 2. The average Bonchev–Trinajstić information content (AvgIpc) is 2.40. The third-order valence-electron chi connectivity index (χ3n) is 3.16. The van der Waals surface area contributed by atoms with Gasteiger partial charge >= 0.3 is 0 Å². The molecule has 0 saturated carbocycles. The van der Waals surface area contributed by atoms with Gasteiger partial charge in [0.25, 0.3) is 5.91 Å². The lowest BCUT2D eigenvalue weighted by atomic mass is 10.1. The number of thioether (sulfide) groups is 1. The summed E-state index contributed by atoms with van der Waals surface area (Å²) in [6.07, 6.45) is 2.44. The van der Waals surface area contributed by atoms with E-state index in [1.807, 2.05) is 49.9 Å². The van der Waals surface area contributed by atoms with Crippen LogP contribution in [0, 0.1) is 0 Å². The highest BCUT2D eigenvalue weighted by Gasteiger charge is 2.13. The molecule has 3 nitrogen and oxygen atoms in total. The number of anilines is 1. The van der Waals surface area contributed by atoms with Gasteiger partial charge in [-0.25, -0.2) is 0 Å². The fraction of sp³-hybridized carbons (Fsp3) is 0.533. The molecule has 2 N–H and O–H groups in total. The van der Waals surface area contributed by atoms with Crippen molar-refractivity contribution in [2.24, 2.45) is 0 Å². The van der Waals surface area contributed by atoms with Gasteiger partial charge in [-0.2, -0.15) is 11.8 Å². The van der Waals surface area contributed by atoms with Crippen LogP contribution in [0.25, 0.3) is 0 Å². The van der Waals surface area contributed by atoms with Crippen molar-refractivity contribution in [3.63, 3.8) is 0 Å². The zero-order valence-corrected chi connectivity index (χ0v) is 12.4. The lowest BCUT2D eigenvalue weighted by Crippen LogP contribution is -2.30. The van der Waals surface area contributed by atoms with Crippen LogP contribution in [0.2, 0.25) is 0 Å². The van der Waals surface area contributed by atoms with Crippen LogP contribution in [0.1, 0.15) is 37.0 Å². The molecule has 1 aromatic rings. The summed E-state index contributed by atoms with van der Waals surface area (Å²) < 4.78 is 0. The summed E-state index contributed by atoms with van der Waals surface area (Å²) in [5, 5.41) is 6.44. The van der Waals surface area contributed by atoms with E-state index < -0.39 is 0 Å². The number of carbonyl (C=O) groups is 1. The van der Waals surface area contributed by atoms with E-state index in [4.69, 9.17) is 0 Å². The van der Waals surface area contributed by atoms with Crippen molar-refractivity contribution in [3.05, 3.63) is 29.8 Å². The Bertz CT molecular complexity index is 411. The zero-order chi connectivity index (χ0) is 13.7. The third kappa shape index (κ3) is 4.46. The van der Waals surface area contributed by atoms with Crippen LogP contribution in [-0.4, -0.2) is 29.5 Å². The molecule has 0 bridgehead atoms. The predicted molar refractivity (Wildman–Crippen MR) is 83.0 cm³/mol. The quantitative estimate of drug-likeness (QED) is 0.889. The van der Waals surface area contributed by atoms with E-state index in [9.17, 15) is 4.79 Å². The molecule has 0 aliphatic carbocycles. The number of hydrogen-bond donors (Lipinski definition) is 2. The summed E-state index contributed by atoms with van der Waals surface area (Å²) in [5.41, 5.74) is 1.83. The van der Waals surface area contributed by atoms with Crippen LogP contribution in [-0.2, 0) is 0 Å². The lowest BCUT2D eigenvalue weighted by molar-refractivity contribution is 0.0943. The van der Waals surface area contributed by atoms with Crippen molar-refractivity contribution < 1.29 is 4.79 Å². The highest BCUT2D eigenvalue weighted by Crippen LogP contribution is 2.21. The van der Waals surface area contributed by atoms with E-state index in [2.05, 4.69) is 10.6 Å². The largest absolute Gasteiger partial charge is 0.382 e. The molecule has 0 atom stereocenters. The fourth-order valence-electron chi connectivity index (χ4n) is 2.14. The average molecular weight is 278 g/mol. The Morgan fingerprint density at radius 3 is 2.42 bits per heavy atom. The Morgan fingerprint density at radius 1 is 1.21 bits per heavy atom. The summed E-state index contributed by atoms with van der Waals surface area (Å²) in [4.78, 5) is 11.8. The molecule has 19 heavy (non-hydrogen) atoms. The topological polar surface area (TPSA) is 41.1 Å². The number of hydrogen-bond acceptors (Lipinski definition) is 3. The van der Waals surface area contributed by atoms with Crippen molar-refractivity contribution in [2.75, 3.05) is 16.8 Å². The Balaban J connectivity index is 1.92. The van der Waals surface area contributed by atoms with Crippen LogP contribution in [0.15, 0.2) is 24.3 Å². The maximum atomic E-state index is 11.8. The Morgan fingerprint density at radius 2 is 1.84 bits per heavy atom. The fourth-order valence-corrected chi connectivity index (χ4v) is 3.25. The molecule has 1 saturated heterocycles. The number of carbonyl (C=O) groups excluding carboxylic acids is 1. The van der Waals surface area contributed by atoms with Gasteiger partial charge in [-0.05, 0) is 62.5 Å². The molecular weight excluding hydrogens is 256 g/mol. The summed E-state index contributed by atoms with van der Waals surface area (Å²) in [7, 11) is 0. The van der Waals surface area contributed by atoms with E-state index >= 15 is 0 Å². The van der Waals surface area contributed by atoms with E-state index in [-0.39, 0.29) is 11.9 Å². The molecule has 1 amide bonds.